The van der Waals surface area contributed by atoms with Gasteiger partial charge in [-0.25, -0.2) is 0 Å². The number of carbonyl (C=O) groups excluding carboxylic acids is 3. The summed E-state index contributed by atoms with van der Waals surface area (Å²) in [5.41, 5.74) is 0. The summed E-state index contributed by atoms with van der Waals surface area (Å²) >= 11 is 0. The van der Waals surface area contributed by atoms with Gasteiger partial charge in [-0.2, -0.15) is 0 Å². The van der Waals surface area contributed by atoms with E-state index in [9.17, 15) is 14.4 Å². The summed E-state index contributed by atoms with van der Waals surface area (Å²) in [6, 6.07) is 0. The summed E-state index contributed by atoms with van der Waals surface area (Å²) in [6.45, 7) is 6.48. The molecule has 0 saturated heterocycles. The number of unbranched alkanes of at least 4 members (excludes halogenated alkanes) is 34. The van der Waals surface area contributed by atoms with Gasteiger partial charge < -0.3 is 14.2 Å². The lowest BCUT2D eigenvalue weighted by Gasteiger charge is -2.18. The maximum atomic E-state index is 12.9. The van der Waals surface area contributed by atoms with Crippen molar-refractivity contribution in [2.24, 2.45) is 0 Å². The molecule has 0 aliphatic heterocycles. The van der Waals surface area contributed by atoms with E-state index in [0.717, 1.165) is 128 Å². The van der Waals surface area contributed by atoms with Gasteiger partial charge in [0.05, 0.1) is 0 Å². The molecule has 79 heavy (non-hydrogen) atoms. The van der Waals surface area contributed by atoms with Crippen LogP contribution >= 0.6 is 0 Å². The number of rotatable bonds is 61. The maximum absolute atomic E-state index is 12.9. The Bertz CT molecular complexity index is 1540. The number of carbonyl (C=O) groups is 3. The van der Waals surface area contributed by atoms with Gasteiger partial charge in [-0.05, 0) is 116 Å². The van der Waals surface area contributed by atoms with E-state index in [4.69, 9.17) is 14.2 Å². The molecular weight excluding hydrogens is 973 g/mol. The Balaban J connectivity index is 4.32. The average molecular weight is 1100 g/mol. The molecule has 6 nitrogen and oxygen atoms in total. The van der Waals surface area contributed by atoms with Crippen LogP contribution in [0.5, 0.6) is 0 Å². The summed E-state index contributed by atoms with van der Waals surface area (Å²) < 4.78 is 16.9. The third-order valence-electron chi connectivity index (χ3n) is 14.5. The van der Waals surface area contributed by atoms with E-state index in [1.54, 1.807) is 0 Å². The summed E-state index contributed by atoms with van der Waals surface area (Å²) in [5, 5.41) is 0. The molecule has 0 aromatic heterocycles. The minimum Gasteiger partial charge on any atom is -0.462 e. The molecule has 0 radical (unpaired) electrons. The summed E-state index contributed by atoms with van der Waals surface area (Å²) in [5.74, 6) is -0.893. The first-order chi connectivity index (χ1) is 39.0. The first-order valence-electron chi connectivity index (χ1n) is 33.7. The maximum Gasteiger partial charge on any atom is 0.306 e. The van der Waals surface area contributed by atoms with Crippen molar-refractivity contribution in [1.29, 1.82) is 0 Å². The van der Waals surface area contributed by atoms with Crippen molar-refractivity contribution in [2.45, 2.75) is 335 Å². The van der Waals surface area contributed by atoms with Crippen molar-refractivity contribution in [3.63, 3.8) is 0 Å². The fourth-order valence-electron chi connectivity index (χ4n) is 9.50. The van der Waals surface area contributed by atoms with Crippen molar-refractivity contribution in [3.05, 3.63) is 97.2 Å². The zero-order valence-corrected chi connectivity index (χ0v) is 52.1. The number of hydrogen-bond acceptors (Lipinski definition) is 6. The smallest absolute Gasteiger partial charge is 0.306 e. The fraction of sp³-hybridized carbons (Fsp3) is 0.740. The highest BCUT2D eigenvalue weighted by atomic mass is 16.6. The molecule has 0 saturated carbocycles. The molecule has 0 aromatic rings. The standard InChI is InChI=1S/C73H126O6/c1-4-7-10-13-16-19-22-25-27-29-31-33-35-36-38-39-41-43-45-48-51-54-57-60-63-66-72(75)78-69-70(68-77-71(74)65-62-59-56-53-50-47-24-21-18-15-12-9-6-3)79-73(76)67-64-61-58-55-52-49-46-44-42-40-37-34-32-30-28-26-23-20-17-14-11-8-5-2/h7,10,12,15-16,19,21,24-25,27,30-33,36,38,70H,4-6,8-9,11,13-14,17-18,20,22-23,26,28-29,34-35,37,39-69H2,1-3H3/b10-7-,15-12-,19-16-,24-21-,27-25-,32-30-,33-31-,38-36-. The molecule has 1 atom stereocenters. The summed E-state index contributed by atoms with van der Waals surface area (Å²) in [6.07, 6.45) is 89.9. The van der Waals surface area contributed by atoms with Crippen LogP contribution in [0.2, 0.25) is 0 Å². The van der Waals surface area contributed by atoms with Crippen LogP contribution in [-0.4, -0.2) is 37.2 Å². The minimum absolute atomic E-state index is 0.0845. The van der Waals surface area contributed by atoms with Crippen LogP contribution in [0.1, 0.15) is 329 Å². The van der Waals surface area contributed by atoms with E-state index in [1.165, 1.54) is 161 Å². The molecule has 1 unspecified atom stereocenters. The van der Waals surface area contributed by atoms with Crippen molar-refractivity contribution < 1.29 is 28.6 Å². The van der Waals surface area contributed by atoms with E-state index >= 15 is 0 Å². The SMILES string of the molecule is CC/C=C\C/C=C\C/C=C\C/C=C\C/C=C\CCCCCCCCCCCC(=O)OCC(COC(=O)CCCCCCC/C=C\C/C=C\CCC)OC(=O)CCCCCCCCCCCCC/C=C\CCCCCCCCCC. The first-order valence-corrected chi connectivity index (χ1v) is 33.7. The molecule has 0 spiro atoms. The Morgan fingerprint density at radius 3 is 0.835 bits per heavy atom. The van der Waals surface area contributed by atoms with Crippen molar-refractivity contribution in [1.82, 2.24) is 0 Å². The molecule has 0 fully saturated rings. The molecule has 6 heteroatoms. The summed E-state index contributed by atoms with van der Waals surface area (Å²) in [7, 11) is 0. The van der Waals surface area contributed by atoms with Crippen LogP contribution < -0.4 is 0 Å². The van der Waals surface area contributed by atoms with Gasteiger partial charge in [-0.3, -0.25) is 14.4 Å². The van der Waals surface area contributed by atoms with Crippen LogP contribution in [-0.2, 0) is 28.6 Å². The third-order valence-corrected chi connectivity index (χ3v) is 14.5. The number of allylic oxidation sites excluding steroid dienone is 16. The van der Waals surface area contributed by atoms with Gasteiger partial charge >= 0.3 is 17.9 Å². The molecule has 0 aliphatic rings. The minimum atomic E-state index is -0.788. The molecule has 0 aromatic carbocycles. The highest BCUT2D eigenvalue weighted by molar-refractivity contribution is 5.71. The second-order valence-electron chi connectivity index (χ2n) is 22.3. The monoisotopic (exact) mass is 1100 g/mol. The molecule has 0 amide bonds. The Labute approximate surface area is 489 Å². The molecular formula is C73H126O6. The highest BCUT2D eigenvalue weighted by Gasteiger charge is 2.19. The Morgan fingerprint density at radius 2 is 0.519 bits per heavy atom. The van der Waals surface area contributed by atoms with Gasteiger partial charge in [-0.15, -0.1) is 0 Å². The molecule has 0 N–H and O–H groups in total. The second-order valence-corrected chi connectivity index (χ2v) is 22.3. The van der Waals surface area contributed by atoms with Crippen LogP contribution in [0, 0.1) is 0 Å². The van der Waals surface area contributed by atoms with Crippen LogP contribution in [0.15, 0.2) is 97.2 Å². The number of hydrogen-bond donors (Lipinski definition) is 0. The molecule has 0 aliphatic carbocycles. The van der Waals surface area contributed by atoms with Crippen LogP contribution in [0.25, 0.3) is 0 Å². The van der Waals surface area contributed by atoms with Crippen LogP contribution in [0.4, 0.5) is 0 Å². The molecule has 454 valence electrons. The van der Waals surface area contributed by atoms with Gasteiger partial charge in [0.15, 0.2) is 6.10 Å². The lowest BCUT2D eigenvalue weighted by Crippen LogP contribution is -2.30. The second kappa shape index (κ2) is 66.8. The van der Waals surface area contributed by atoms with Crippen molar-refractivity contribution >= 4 is 17.9 Å². The Kier molecular flexibility index (Phi) is 63.7. The van der Waals surface area contributed by atoms with E-state index < -0.39 is 6.10 Å². The zero-order valence-electron chi connectivity index (χ0n) is 52.1. The van der Waals surface area contributed by atoms with Crippen LogP contribution in [0.3, 0.4) is 0 Å². The van der Waals surface area contributed by atoms with E-state index in [0.29, 0.717) is 19.3 Å². The van der Waals surface area contributed by atoms with Gasteiger partial charge in [0, 0.05) is 19.3 Å². The lowest BCUT2D eigenvalue weighted by molar-refractivity contribution is -0.167. The topological polar surface area (TPSA) is 78.9 Å². The van der Waals surface area contributed by atoms with E-state index in [-0.39, 0.29) is 31.1 Å². The van der Waals surface area contributed by atoms with E-state index in [2.05, 4.69) is 118 Å². The van der Waals surface area contributed by atoms with Gasteiger partial charge in [-0.1, -0.05) is 291 Å². The highest BCUT2D eigenvalue weighted by Crippen LogP contribution is 2.17. The zero-order chi connectivity index (χ0) is 57.1. The first kappa shape index (κ1) is 75.3. The predicted molar refractivity (Wildman–Crippen MR) is 344 cm³/mol. The predicted octanol–water partition coefficient (Wildman–Crippen LogP) is 23.2. The third kappa shape index (κ3) is 65.0. The van der Waals surface area contributed by atoms with Gasteiger partial charge in [0.25, 0.3) is 0 Å². The van der Waals surface area contributed by atoms with E-state index in [1.807, 2.05) is 0 Å². The fourth-order valence-corrected chi connectivity index (χ4v) is 9.50. The molecule has 0 bridgehead atoms. The lowest BCUT2D eigenvalue weighted by atomic mass is 10.0. The normalized spacial score (nSPS) is 12.7. The Morgan fingerprint density at radius 1 is 0.266 bits per heavy atom. The molecule has 0 heterocycles. The quantitative estimate of drug-likeness (QED) is 0.0261. The van der Waals surface area contributed by atoms with Gasteiger partial charge in [0.1, 0.15) is 13.2 Å². The van der Waals surface area contributed by atoms with Crippen molar-refractivity contribution in [3.8, 4) is 0 Å². The molecule has 0 rings (SSSR count). The average Bonchev–Trinajstić information content (AvgIpc) is 3.45. The number of esters is 3. The summed E-state index contributed by atoms with van der Waals surface area (Å²) in [4.78, 5) is 38.4. The van der Waals surface area contributed by atoms with Gasteiger partial charge in [0.2, 0.25) is 0 Å². The number of ether oxygens (including phenoxy) is 3. The Hall–Kier alpha value is -3.67. The van der Waals surface area contributed by atoms with Crippen molar-refractivity contribution in [2.75, 3.05) is 13.2 Å². The largest absolute Gasteiger partial charge is 0.462 e.